The molecule has 1 amide bonds. The fourth-order valence-electron chi connectivity index (χ4n) is 3.24. The maximum atomic E-state index is 12.7. The van der Waals surface area contributed by atoms with E-state index in [9.17, 15) is 4.79 Å². The number of pyridine rings is 1. The zero-order chi connectivity index (χ0) is 17.1. The standard InChI is InChI=1S/C18H25N5O/c1-14-7-11-22(20-14)12-8-18(24)23-10-4-5-16(23)15-6-9-19-17(13-15)21(2)3/h6-7,9,11,13,16H,4-5,8,10,12H2,1-3H3/t16-/m1/s1. The van der Waals surface area contributed by atoms with Crippen LogP contribution in [0.3, 0.4) is 0 Å². The number of amides is 1. The highest BCUT2D eigenvalue weighted by atomic mass is 16.2. The van der Waals surface area contributed by atoms with E-state index in [-0.39, 0.29) is 11.9 Å². The quantitative estimate of drug-likeness (QED) is 0.846. The molecule has 0 saturated carbocycles. The van der Waals surface area contributed by atoms with Crippen molar-refractivity contribution in [1.82, 2.24) is 19.7 Å². The van der Waals surface area contributed by atoms with Crippen molar-refractivity contribution in [2.45, 2.75) is 38.8 Å². The number of nitrogens with zero attached hydrogens (tertiary/aromatic N) is 5. The number of aromatic nitrogens is 3. The molecular formula is C18H25N5O. The predicted octanol–water partition coefficient (Wildman–Crippen LogP) is 2.41. The Morgan fingerprint density at radius 3 is 2.92 bits per heavy atom. The van der Waals surface area contributed by atoms with E-state index in [2.05, 4.69) is 16.1 Å². The van der Waals surface area contributed by atoms with E-state index in [0.29, 0.717) is 13.0 Å². The molecule has 1 saturated heterocycles. The summed E-state index contributed by atoms with van der Waals surface area (Å²) in [5.41, 5.74) is 2.16. The molecule has 1 fully saturated rings. The molecule has 1 atom stereocenters. The van der Waals surface area contributed by atoms with Gasteiger partial charge in [-0.2, -0.15) is 5.10 Å². The average Bonchev–Trinajstić information content (AvgIpc) is 3.21. The minimum atomic E-state index is 0.165. The van der Waals surface area contributed by atoms with Crippen LogP contribution in [0.5, 0.6) is 0 Å². The lowest BCUT2D eigenvalue weighted by Gasteiger charge is -2.26. The highest BCUT2D eigenvalue weighted by Gasteiger charge is 2.29. The third-order valence-corrected chi connectivity index (χ3v) is 4.51. The summed E-state index contributed by atoms with van der Waals surface area (Å²) in [6.07, 6.45) is 6.32. The molecule has 0 radical (unpaired) electrons. The van der Waals surface area contributed by atoms with Crippen LogP contribution in [0.1, 0.15) is 36.6 Å². The van der Waals surface area contributed by atoms with E-state index < -0.39 is 0 Å². The maximum absolute atomic E-state index is 12.7. The van der Waals surface area contributed by atoms with Gasteiger partial charge in [-0.3, -0.25) is 9.48 Å². The second-order valence-electron chi connectivity index (χ2n) is 6.56. The van der Waals surface area contributed by atoms with Crippen LogP contribution >= 0.6 is 0 Å². The zero-order valence-corrected chi connectivity index (χ0v) is 14.6. The molecule has 6 nitrogen and oxygen atoms in total. The topological polar surface area (TPSA) is 54.3 Å². The summed E-state index contributed by atoms with van der Waals surface area (Å²) in [5, 5.41) is 4.35. The van der Waals surface area contributed by atoms with Crippen LogP contribution in [0.15, 0.2) is 30.6 Å². The SMILES string of the molecule is Cc1ccn(CCC(=O)N2CCC[C@@H]2c2ccnc(N(C)C)c2)n1. The molecule has 6 heteroatoms. The van der Waals surface area contributed by atoms with Gasteiger partial charge < -0.3 is 9.80 Å². The van der Waals surface area contributed by atoms with Crippen molar-refractivity contribution in [1.29, 1.82) is 0 Å². The summed E-state index contributed by atoms with van der Waals surface area (Å²) in [6.45, 7) is 3.43. The van der Waals surface area contributed by atoms with Gasteiger partial charge in [-0.15, -0.1) is 0 Å². The van der Waals surface area contributed by atoms with E-state index in [4.69, 9.17) is 0 Å². The monoisotopic (exact) mass is 327 g/mol. The van der Waals surface area contributed by atoms with Gasteiger partial charge in [0.1, 0.15) is 5.82 Å². The molecule has 3 heterocycles. The highest BCUT2D eigenvalue weighted by molar-refractivity contribution is 5.77. The number of rotatable bonds is 5. The Kier molecular flexibility index (Phi) is 4.83. The van der Waals surface area contributed by atoms with Crippen LogP contribution in [0, 0.1) is 6.92 Å². The van der Waals surface area contributed by atoms with Crippen LogP contribution in [-0.2, 0) is 11.3 Å². The van der Waals surface area contributed by atoms with Gasteiger partial charge in [0.2, 0.25) is 5.91 Å². The van der Waals surface area contributed by atoms with Gasteiger partial charge in [0.15, 0.2) is 0 Å². The fourth-order valence-corrected chi connectivity index (χ4v) is 3.24. The Bertz CT molecular complexity index is 709. The number of carbonyl (C=O) groups is 1. The molecule has 3 rings (SSSR count). The normalized spacial score (nSPS) is 17.3. The van der Waals surface area contributed by atoms with Crippen LogP contribution < -0.4 is 4.90 Å². The molecule has 0 spiro atoms. The smallest absolute Gasteiger partial charge is 0.224 e. The lowest BCUT2D eigenvalue weighted by Crippen LogP contribution is -2.31. The first-order chi connectivity index (χ1) is 11.5. The Balaban J connectivity index is 1.68. The number of hydrogen-bond acceptors (Lipinski definition) is 4. The molecule has 24 heavy (non-hydrogen) atoms. The van der Waals surface area contributed by atoms with Gasteiger partial charge >= 0.3 is 0 Å². The Hall–Kier alpha value is -2.37. The third-order valence-electron chi connectivity index (χ3n) is 4.51. The molecule has 0 aromatic carbocycles. The number of aryl methyl sites for hydroxylation is 2. The van der Waals surface area contributed by atoms with Gasteiger partial charge in [-0.05, 0) is 43.5 Å². The molecule has 0 bridgehead atoms. The summed E-state index contributed by atoms with van der Waals surface area (Å²) in [6, 6.07) is 6.24. The van der Waals surface area contributed by atoms with E-state index in [1.165, 1.54) is 5.56 Å². The van der Waals surface area contributed by atoms with Gasteiger partial charge in [-0.25, -0.2) is 4.98 Å². The molecule has 0 unspecified atom stereocenters. The zero-order valence-electron chi connectivity index (χ0n) is 14.6. The molecule has 1 aliphatic heterocycles. The van der Waals surface area contributed by atoms with Crippen LogP contribution in [0.25, 0.3) is 0 Å². The van der Waals surface area contributed by atoms with Gasteiger partial charge in [-0.1, -0.05) is 0 Å². The summed E-state index contributed by atoms with van der Waals surface area (Å²) < 4.78 is 1.84. The number of anilines is 1. The Labute approximate surface area is 143 Å². The van der Waals surface area contributed by atoms with Gasteiger partial charge in [0.05, 0.1) is 11.7 Å². The lowest BCUT2D eigenvalue weighted by atomic mass is 10.1. The maximum Gasteiger partial charge on any atom is 0.224 e. The lowest BCUT2D eigenvalue weighted by molar-refractivity contribution is -0.132. The first-order valence-corrected chi connectivity index (χ1v) is 8.47. The number of likely N-dealkylation sites (tertiary alicyclic amines) is 1. The number of carbonyl (C=O) groups excluding carboxylic acids is 1. The van der Waals surface area contributed by atoms with Crippen LogP contribution in [-0.4, -0.2) is 46.2 Å². The predicted molar refractivity (Wildman–Crippen MR) is 93.8 cm³/mol. The molecule has 0 N–H and O–H groups in total. The fraction of sp³-hybridized carbons (Fsp3) is 0.500. The van der Waals surface area contributed by atoms with Crippen molar-refractivity contribution in [3.05, 3.63) is 41.9 Å². The molecule has 0 aliphatic carbocycles. The molecule has 2 aromatic rings. The van der Waals surface area contributed by atoms with Crippen molar-refractivity contribution >= 4 is 11.7 Å². The van der Waals surface area contributed by atoms with Crippen molar-refractivity contribution in [3.63, 3.8) is 0 Å². The Morgan fingerprint density at radius 1 is 1.38 bits per heavy atom. The van der Waals surface area contributed by atoms with Crippen molar-refractivity contribution in [3.8, 4) is 0 Å². The van der Waals surface area contributed by atoms with Gasteiger partial charge in [0.25, 0.3) is 0 Å². The average molecular weight is 327 g/mol. The summed E-state index contributed by atoms with van der Waals surface area (Å²) in [7, 11) is 3.96. The van der Waals surface area contributed by atoms with E-state index in [1.807, 2.05) is 60.0 Å². The third kappa shape index (κ3) is 3.58. The highest BCUT2D eigenvalue weighted by Crippen LogP contribution is 2.33. The molecule has 128 valence electrons. The minimum absolute atomic E-state index is 0.165. The minimum Gasteiger partial charge on any atom is -0.363 e. The largest absolute Gasteiger partial charge is 0.363 e. The van der Waals surface area contributed by atoms with E-state index in [1.54, 1.807) is 0 Å². The summed E-state index contributed by atoms with van der Waals surface area (Å²) >= 11 is 0. The van der Waals surface area contributed by atoms with Crippen LogP contribution in [0.4, 0.5) is 5.82 Å². The summed E-state index contributed by atoms with van der Waals surface area (Å²) in [4.78, 5) is 21.1. The number of hydrogen-bond donors (Lipinski definition) is 0. The molecular weight excluding hydrogens is 302 g/mol. The van der Waals surface area contributed by atoms with E-state index in [0.717, 1.165) is 30.9 Å². The van der Waals surface area contributed by atoms with Crippen LogP contribution in [0.2, 0.25) is 0 Å². The summed E-state index contributed by atoms with van der Waals surface area (Å²) in [5.74, 6) is 1.13. The second-order valence-corrected chi connectivity index (χ2v) is 6.56. The van der Waals surface area contributed by atoms with Crippen molar-refractivity contribution < 1.29 is 4.79 Å². The van der Waals surface area contributed by atoms with Crippen molar-refractivity contribution in [2.24, 2.45) is 0 Å². The molecule has 2 aromatic heterocycles. The second kappa shape index (κ2) is 7.03. The first kappa shape index (κ1) is 16.5. The Morgan fingerprint density at radius 2 is 2.21 bits per heavy atom. The molecule has 1 aliphatic rings. The van der Waals surface area contributed by atoms with E-state index >= 15 is 0 Å². The first-order valence-electron chi connectivity index (χ1n) is 8.47. The van der Waals surface area contributed by atoms with Crippen molar-refractivity contribution in [2.75, 3.05) is 25.5 Å². The van der Waals surface area contributed by atoms with Gasteiger partial charge in [0, 0.05) is 46.0 Å².